The van der Waals surface area contributed by atoms with Crippen molar-refractivity contribution in [1.29, 1.82) is 0 Å². The molecular weight excluding hydrogens is 333 g/mol. The highest BCUT2D eigenvalue weighted by Crippen LogP contribution is 2.27. The molecule has 6 heteroatoms. The summed E-state index contributed by atoms with van der Waals surface area (Å²) >= 11 is 0. The Bertz CT molecular complexity index is 1010. The van der Waals surface area contributed by atoms with Gasteiger partial charge in [-0.3, -0.25) is 14.2 Å². The first-order valence-electron chi connectivity index (χ1n) is 8.59. The molecule has 5 nitrogen and oxygen atoms in total. The number of likely N-dealkylation sites (tertiary alicyclic amines) is 1. The van der Waals surface area contributed by atoms with Crippen LogP contribution < -0.4 is 5.56 Å². The van der Waals surface area contributed by atoms with E-state index < -0.39 is 0 Å². The maximum atomic E-state index is 13.1. The van der Waals surface area contributed by atoms with Crippen molar-refractivity contribution >= 4 is 16.8 Å². The first-order chi connectivity index (χ1) is 12.6. The third kappa shape index (κ3) is 3.10. The zero-order valence-electron chi connectivity index (χ0n) is 14.1. The Morgan fingerprint density at radius 3 is 2.73 bits per heavy atom. The lowest BCUT2D eigenvalue weighted by molar-refractivity contribution is -0.130. The van der Waals surface area contributed by atoms with Crippen molar-refractivity contribution in [2.75, 3.05) is 13.1 Å². The van der Waals surface area contributed by atoms with Crippen molar-refractivity contribution in [2.24, 2.45) is 0 Å². The highest BCUT2D eigenvalue weighted by atomic mass is 19.1. The van der Waals surface area contributed by atoms with Gasteiger partial charge in [0.15, 0.2) is 0 Å². The second kappa shape index (κ2) is 6.71. The fraction of sp³-hybridized carbons (Fsp3) is 0.250. The van der Waals surface area contributed by atoms with Crippen LogP contribution >= 0.6 is 0 Å². The minimum absolute atomic E-state index is 0.0210. The highest BCUT2D eigenvalue weighted by molar-refractivity contribution is 5.79. The minimum atomic E-state index is -0.261. The van der Waals surface area contributed by atoms with Gasteiger partial charge in [0.1, 0.15) is 12.4 Å². The van der Waals surface area contributed by atoms with E-state index in [1.165, 1.54) is 23.0 Å². The van der Waals surface area contributed by atoms with Gasteiger partial charge in [-0.05, 0) is 36.2 Å². The average Bonchev–Trinajstić information content (AvgIpc) is 3.15. The van der Waals surface area contributed by atoms with E-state index >= 15 is 0 Å². The molecule has 1 aromatic heterocycles. The van der Waals surface area contributed by atoms with Crippen LogP contribution in [-0.4, -0.2) is 33.4 Å². The van der Waals surface area contributed by atoms with Crippen molar-refractivity contribution in [1.82, 2.24) is 14.5 Å². The Morgan fingerprint density at radius 1 is 1.15 bits per heavy atom. The molecule has 0 unspecified atom stereocenters. The molecular formula is C20H18FN3O2. The third-order valence-corrected chi connectivity index (χ3v) is 4.92. The van der Waals surface area contributed by atoms with Gasteiger partial charge in [-0.15, -0.1) is 0 Å². The molecule has 0 spiro atoms. The van der Waals surface area contributed by atoms with E-state index in [1.54, 1.807) is 35.2 Å². The summed E-state index contributed by atoms with van der Waals surface area (Å²) in [6, 6.07) is 13.5. The first kappa shape index (κ1) is 16.4. The summed E-state index contributed by atoms with van der Waals surface area (Å²) < 4.78 is 14.4. The fourth-order valence-electron chi connectivity index (χ4n) is 3.46. The van der Waals surface area contributed by atoms with Crippen molar-refractivity contribution in [3.63, 3.8) is 0 Å². The van der Waals surface area contributed by atoms with E-state index in [4.69, 9.17) is 0 Å². The second-order valence-electron chi connectivity index (χ2n) is 6.57. The van der Waals surface area contributed by atoms with Gasteiger partial charge in [-0.2, -0.15) is 0 Å². The molecule has 1 aliphatic heterocycles. The number of hydrogen-bond acceptors (Lipinski definition) is 3. The molecule has 1 atom stereocenters. The number of carbonyl (C=O) groups is 1. The number of aromatic nitrogens is 2. The molecule has 0 bridgehead atoms. The van der Waals surface area contributed by atoms with Crippen molar-refractivity contribution in [3.8, 4) is 0 Å². The lowest BCUT2D eigenvalue weighted by Gasteiger charge is -2.17. The van der Waals surface area contributed by atoms with Gasteiger partial charge in [0.05, 0.1) is 17.2 Å². The molecule has 0 saturated carbocycles. The molecule has 4 rings (SSSR count). The average molecular weight is 351 g/mol. The number of carbonyl (C=O) groups excluding carboxylic acids is 1. The first-order valence-corrected chi connectivity index (χ1v) is 8.59. The summed E-state index contributed by atoms with van der Waals surface area (Å²) in [5.74, 6) is -0.164. The lowest BCUT2D eigenvalue weighted by atomic mass is 9.99. The SMILES string of the molecule is O=C(Cn1cnc2ccccc2c1=O)N1CC[C@H](c2ccc(F)cc2)C1. The van der Waals surface area contributed by atoms with E-state index in [1.807, 2.05) is 6.07 Å². The predicted octanol–water partition coefficient (Wildman–Crippen LogP) is 2.55. The molecule has 0 aliphatic carbocycles. The monoisotopic (exact) mass is 351 g/mol. The zero-order chi connectivity index (χ0) is 18.1. The minimum Gasteiger partial charge on any atom is -0.341 e. The van der Waals surface area contributed by atoms with Gasteiger partial charge in [-0.25, -0.2) is 9.37 Å². The molecule has 1 amide bonds. The maximum absolute atomic E-state index is 13.1. The lowest BCUT2D eigenvalue weighted by Crippen LogP contribution is -2.35. The summed E-state index contributed by atoms with van der Waals surface area (Å²) in [5, 5.41) is 0.508. The quantitative estimate of drug-likeness (QED) is 0.729. The molecule has 0 N–H and O–H groups in total. The summed E-state index contributed by atoms with van der Waals surface area (Å²) in [7, 11) is 0. The molecule has 2 aromatic carbocycles. The van der Waals surface area contributed by atoms with Crippen LogP contribution in [-0.2, 0) is 11.3 Å². The van der Waals surface area contributed by atoms with Crippen LogP contribution in [0.5, 0.6) is 0 Å². The summed E-state index contributed by atoms with van der Waals surface area (Å²) in [5.41, 5.74) is 1.45. The number of halogens is 1. The number of para-hydroxylation sites is 1. The van der Waals surface area contributed by atoms with Gasteiger partial charge in [0.2, 0.25) is 5.91 Å². The maximum Gasteiger partial charge on any atom is 0.261 e. The van der Waals surface area contributed by atoms with E-state index in [0.717, 1.165) is 12.0 Å². The normalized spacial score (nSPS) is 17.0. The van der Waals surface area contributed by atoms with Crippen LogP contribution in [0, 0.1) is 5.82 Å². The fourth-order valence-corrected chi connectivity index (χ4v) is 3.46. The third-order valence-electron chi connectivity index (χ3n) is 4.92. The van der Waals surface area contributed by atoms with Gasteiger partial charge in [0.25, 0.3) is 5.56 Å². The van der Waals surface area contributed by atoms with E-state index in [9.17, 15) is 14.0 Å². The number of benzene rings is 2. The summed E-state index contributed by atoms with van der Waals surface area (Å²) in [4.78, 5) is 31.1. The van der Waals surface area contributed by atoms with Crippen LogP contribution in [0.25, 0.3) is 10.9 Å². The van der Waals surface area contributed by atoms with Gasteiger partial charge >= 0.3 is 0 Å². The molecule has 1 aliphatic rings. The number of amides is 1. The topological polar surface area (TPSA) is 55.2 Å². The van der Waals surface area contributed by atoms with Crippen LogP contribution in [0.2, 0.25) is 0 Å². The van der Waals surface area contributed by atoms with Crippen molar-refractivity contribution in [3.05, 3.63) is 76.6 Å². The summed E-state index contributed by atoms with van der Waals surface area (Å²) in [6.07, 6.45) is 2.26. The Balaban J connectivity index is 1.48. The molecule has 1 saturated heterocycles. The van der Waals surface area contributed by atoms with Crippen LogP contribution in [0.1, 0.15) is 17.9 Å². The zero-order valence-corrected chi connectivity index (χ0v) is 14.1. The standard InChI is InChI=1S/C20H18FN3O2/c21-16-7-5-14(6-8-16)15-9-10-23(11-15)19(25)12-24-13-22-18-4-2-1-3-17(18)20(24)26/h1-8,13,15H,9-12H2/t15-/m0/s1. The molecule has 26 heavy (non-hydrogen) atoms. The van der Waals surface area contributed by atoms with E-state index in [-0.39, 0.29) is 29.7 Å². The van der Waals surface area contributed by atoms with Crippen LogP contribution in [0.4, 0.5) is 4.39 Å². The highest BCUT2D eigenvalue weighted by Gasteiger charge is 2.27. The van der Waals surface area contributed by atoms with Gasteiger partial charge in [-0.1, -0.05) is 24.3 Å². The largest absolute Gasteiger partial charge is 0.341 e. The molecule has 132 valence electrons. The number of fused-ring (bicyclic) bond motifs is 1. The van der Waals surface area contributed by atoms with Crippen molar-refractivity contribution in [2.45, 2.75) is 18.9 Å². The Morgan fingerprint density at radius 2 is 1.92 bits per heavy atom. The molecule has 0 radical (unpaired) electrons. The van der Waals surface area contributed by atoms with E-state index in [2.05, 4.69) is 4.98 Å². The van der Waals surface area contributed by atoms with Crippen molar-refractivity contribution < 1.29 is 9.18 Å². The second-order valence-corrected chi connectivity index (χ2v) is 6.57. The number of hydrogen-bond donors (Lipinski definition) is 0. The van der Waals surface area contributed by atoms with Crippen LogP contribution in [0.3, 0.4) is 0 Å². The summed E-state index contributed by atoms with van der Waals surface area (Å²) in [6.45, 7) is 1.20. The van der Waals surface area contributed by atoms with Crippen LogP contribution in [0.15, 0.2) is 59.7 Å². The molecule has 3 aromatic rings. The Kier molecular flexibility index (Phi) is 4.24. The van der Waals surface area contributed by atoms with Gasteiger partial charge in [0, 0.05) is 19.0 Å². The smallest absolute Gasteiger partial charge is 0.261 e. The molecule has 2 heterocycles. The predicted molar refractivity (Wildman–Crippen MR) is 96.3 cm³/mol. The Hall–Kier alpha value is -3.02. The number of rotatable bonds is 3. The molecule has 1 fully saturated rings. The Labute approximate surface area is 149 Å². The van der Waals surface area contributed by atoms with E-state index in [0.29, 0.717) is 24.0 Å². The van der Waals surface area contributed by atoms with Gasteiger partial charge < -0.3 is 4.90 Å². The number of nitrogens with zero attached hydrogens (tertiary/aromatic N) is 3.